The van der Waals surface area contributed by atoms with Gasteiger partial charge in [0.15, 0.2) is 6.04 Å². The van der Waals surface area contributed by atoms with Gasteiger partial charge in [-0.2, -0.15) is 13.2 Å². The van der Waals surface area contributed by atoms with Crippen molar-refractivity contribution in [3.63, 3.8) is 0 Å². The third-order valence-electron chi connectivity index (χ3n) is 4.52. The van der Waals surface area contributed by atoms with Crippen LogP contribution in [0.15, 0.2) is 36.4 Å². The van der Waals surface area contributed by atoms with Gasteiger partial charge in [-0.05, 0) is 43.7 Å². The van der Waals surface area contributed by atoms with E-state index >= 15 is 0 Å². The van der Waals surface area contributed by atoms with E-state index in [1.165, 1.54) is 6.07 Å². The van der Waals surface area contributed by atoms with E-state index in [1.54, 1.807) is 39.0 Å². The molecule has 2 aromatic carbocycles. The number of fused-ring (bicyclic) bond motifs is 1. The molecule has 7 heteroatoms. The van der Waals surface area contributed by atoms with Crippen LogP contribution in [0, 0.1) is 5.41 Å². The SMILES string of the molecule is CCOc1cc2ccccc2cc1[C@H](N1CC(C)(C)C(=O)N1)C(F)(F)F. The fourth-order valence-electron chi connectivity index (χ4n) is 3.23. The molecule has 1 aliphatic rings. The molecular formula is C19H21F3N2O2. The van der Waals surface area contributed by atoms with E-state index in [0.717, 1.165) is 10.4 Å². The van der Waals surface area contributed by atoms with Crippen molar-refractivity contribution in [2.75, 3.05) is 13.2 Å². The second-order valence-electron chi connectivity index (χ2n) is 7.07. The molecule has 0 aromatic heterocycles. The Balaban J connectivity index is 2.15. The highest BCUT2D eigenvalue weighted by Gasteiger charge is 2.52. The Hall–Kier alpha value is -2.28. The lowest BCUT2D eigenvalue weighted by molar-refractivity contribution is -0.192. The molecule has 0 unspecified atom stereocenters. The van der Waals surface area contributed by atoms with Crippen LogP contribution in [-0.2, 0) is 4.79 Å². The van der Waals surface area contributed by atoms with Gasteiger partial charge in [-0.15, -0.1) is 0 Å². The number of carbonyl (C=O) groups excluding carboxylic acids is 1. The summed E-state index contributed by atoms with van der Waals surface area (Å²) in [6.45, 7) is 5.17. The molecule has 26 heavy (non-hydrogen) atoms. The van der Waals surface area contributed by atoms with Crippen molar-refractivity contribution in [2.45, 2.75) is 33.0 Å². The second kappa shape index (κ2) is 6.46. The summed E-state index contributed by atoms with van der Waals surface area (Å²) < 4.78 is 47.5. The molecule has 1 N–H and O–H groups in total. The number of hydrazine groups is 1. The summed E-state index contributed by atoms with van der Waals surface area (Å²) in [7, 11) is 0. The normalized spacial score (nSPS) is 18.8. The van der Waals surface area contributed by atoms with Gasteiger partial charge in [-0.3, -0.25) is 10.2 Å². The Bertz CT molecular complexity index is 833. The first kappa shape index (κ1) is 18.5. The van der Waals surface area contributed by atoms with Crippen LogP contribution in [-0.4, -0.2) is 30.2 Å². The average Bonchev–Trinajstić information content (AvgIpc) is 2.79. The first-order valence-electron chi connectivity index (χ1n) is 8.43. The maximum Gasteiger partial charge on any atom is 0.410 e. The van der Waals surface area contributed by atoms with Gasteiger partial charge in [-0.25, -0.2) is 5.01 Å². The van der Waals surface area contributed by atoms with Crippen LogP contribution in [0.3, 0.4) is 0 Å². The highest BCUT2D eigenvalue weighted by atomic mass is 19.4. The molecule has 1 aliphatic heterocycles. The summed E-state index contributed by atoms with van der Waals surface area (Å²) in [6.07, 6.45) is -4.58. The van der Waals surface area contributed by atoms with Crippen molar-refractivity contribution in [1.29, 1.82) is 0 Å². The number of benzene rings is 2. The van der Waals surface area contributed by atoms with E-state index in [0.29, 0.717) is 5.39 Å². The summed E-state index contributed by atoms with van der Waals surface area (Å²) in [5, 5.41) is 2.45. The standard InChI is InChI=1S/C19H21F3N2O2/c1-4-26-15-10-13-8-6-5-7-12(13)9-14(15)16(19(20,21)22)24-11-18(2,3)17(25)23-24/h5-10,16H,4,11H2,1-3H3,(H,23,25)/t16-/m0/s1. The van der Waals surface area contributed by atoms with Gasteiger partial charge in [0.25, 0.3) is 0 Å². The Morgan fingerprint density at radius 1 is 1.23 bits per heavy atom. The number of halogens is 3. The van der Waals surface area contributed by atoms with Crippen LogP contribution < -0.4 is 10.2 Å². The van der Waals surface area contributed by atoms with Crippen LogP contribution in [0.5, 0.6) is 5.75 Å². The van der Waals surface area contributed by atoms with E-state index in [1.807, 2.05) is 12.1 Å². The van der Waals surface area contributed by atoms with Gasteiger partial charge in [0.2, 0.25) is 5.91 Å². The maximum atomic E-state index is 14.0. The lowest BCUT2D eigenvalue weighted by Crippen LogP contribution is -2.43. The monoisotopic (exact) mass is 366 g/mol. The number of nitrogens with one attached hydrogen (secondary N) is 1. The largest absolute Gasteiger partial charge is 0.494 e. The topological polar surface area (TPSA) is 41.6 Å². The van der Waals surface area contributed by atoms with Crippen LogP contribution in [0.4, 0.5) is 13.2 Å². The van der Waals surface area contributed by atoms with Crippen LogP contribution >= 0.6 is 0 Å². The van der Waals surface area contributed by atoms with Crippen molar-refractivity contribution in [3.8, 4) is 5.75 Å². The van der Waals surface area contributed by atoms with E-state index in [-0.39, 0.29) is 24.5 Å². The zero-order valence-electron chi connectivity index (χ0n) is 14.9. The van der Waals surface area contributed by atoms with Crippen molar-refractivity contribution in [3.05, 3.63) is 42.0 Å². The number of hydrogen-bond acceptors (Lipinski definition) is 3. The molecule has 1 atom stereocenters. The van der Waals surface area contributed by atoms with Gasteiger partial charge >= 0.3 is 6.18 Å². The van der Waals surface area contributed by atoms with Gasteiger partial charge in [0.05, 0.1) is 12.0 Å². The van der Waals surface area contributed by atoms with Gasteiger partial charge in [0, 0.05) is 12.1 Å². The number of ether oxygens (including phenoxy) is 1. The zero-order valence-corrected chi connectivity index (χ0v) is 14.9. The molecule has 1 amide bonds. The number of nitrogens with zero attached hydrogens (tertiary/aromatic N) is 1. The lowest BCUT2D eigenvalue weighted by Gasteiger charge is -2.31. The van der Waals surface area contributed by atoms with E-state index in [2.05, 4.69) is 5.43 Å². The fraction of sp³-hybridized carbons (Fsp3) is 0.421. The van der Waals surface area contributed by atoms with Crippen molar-refractivity contribution in [2.24, 2.45) is 5.41 Å². The minimum Gasteiger partial charge on any atom is -0.494 e. The lowest BCUT2D eigenvalue weighted by atomic mass is 9.93. The molecule has 0 radical (unpaired) electrons. The van der Waals surface area contributed by atoms with Gasteiger partial charge in [-0.1, -0.05) is 24.3 Å². The van der Waals surface area contributed by atoms with E-state index < -0.39 is 23.5 Å². The predicted octanol–water partition coefficient (Wildman–Crippen LogP) is 4.21. The van der Waals surface area contributed by atoms with Crippen molar-refractivity contribution in [1.82, 2.24) is 10.4 Å². The van der Waals surface area contributed by atoms with Crippen molar-refractivity contribution < 1.29 is 22.7 Å². The van der Waals surface area contributed by atoms with Crippen molar-refractivity contribution >= 4 is 16.7 Å². The molecular weight excluding hydrogens is 345 g/mol. The van der Waals surface area contributed by atoms with Crippen LogP contribution in [0.2, 0.25) is 0 Å². The smallest absolute Gasteiger partial charge is 0.410 e. The number of rotatable bonds is 4. The second-order valence-corrected chi connectivity index (χ2v) is 7.07. The Morgan fingerprint density at radius 3 is 2.35 bits per heavy atom. The number of amides is 1. The predicted molar refractivity (Wildman–Crippen MR) is 92.5 cm³/mol. The van der Waals surface area contributed by atoms with Crippen LogP contribution in [0.1, 0.15) is 32.4 Å². The minimum atomic E-state index is -4.58. The molecule has 2 aromatic rings. The molecule has 0 spiro atoms. The van der Waals surface area contributed by atoms with Crippen LogP contribution in [0.25, 0.3) is 10.8 Å². The summed E-state index contributed by atoms with van der Waals surface area (Å²) in [6, 6.07) is 8.31. The molecule has 0 bridgehead atoms. The molecule has 1 heterocycles. The first-order chi connectivity index (χ1) is 12.1. The average molecular weight is 366 g/mol. The highest BCUT2D eigenvalue weighted by Crippen LogP contribution is 2.44. The maximum absolute atomic E-state index is 14.0. The third-order valence-corrected chi connectivity index (χ3v) is 4.52. The minimum absolute atomic E-state index is 0.00366. The zero-order chi connectivity index (χ0) is 19.1. The Morgan fingerprint density at radius 2 is 1.85 bits per heavy atom. The van der Waals surface area contributed by atoms with E-state index in [9.17, 15) is 18.0 Å². The highest BCUT2D eigenvalue weighted by molar-refractivity contribution is 5.86. The molecule has 0 aliphatic carbocycles. The molecule has 0 saturated carbocycles. The number of hydrogen-bond donors (Lipinski definition) is 1. The molecule has 1 saturated heterocycles. The van der Waals surface area contributed by atoms with Gasteiger partial charge < -0.3 is 4.74 Å². The Labute approximate surface area is 149 Å². The summed E-state index contributed by atoms with van der Waals surface area (Å²) in [4.78, 5) is 12.0. The van der Waals surface area contributed by atoms with E-state index in [4.69, 9.17) is 4.74 Å². The number of alkyl halides is 3. The molecule has 3 rings (SSSR count). The first-order valence-corrected chi connectivity index (χ1v) is 8.43. The molecule has 1 fully saturated rings. The summed E-state index contributed by atoms with van der Waals surface area (Å²) >= 11 is 0. The molecule has 4 nitrogen and oxygen atoms in total. The van der Waals surface area contributed by atoms with Gasteiger partial charge in [0.1, 0.15) is 5.75 Å². The quantitative estimate of drug-likeness (QED) is 0.881. The number of carbonyl (C=O) groups is 1. The third kappa shape index (κ3) is 3.35. The fourth-order valence-corrected chi connectivity index (χ4v) is 3.23. The summed E-state index contributed by atoms with van der Waals surface area (Å²) in [5.41, 5.74) is 1.49. The Kier molecular flexibility index (Phi) is 4.60. The molecule has 140 valence electrons. The summed E-state index contributed by atoms with van der Waals surface area (Å²) in [5.74, 6) is -0.252.